The number of hydrogen-bond donors (Lipinski definition) is 1. The first-order chi connectivity index (χ1) is 9.70. The third-order valence-electron chi connectivity index (χ3n) is 4.51. The largest absolute Gasteiger partial charge is 0.623 e. The minimum Gasteiger partial charge on any atom is -0.623 e. The lowest BCUT2D eigenvalue weighted by Crippen LogP contribution is -2.47. The number of nitrogens with zero attached hydrogens (tertiary/aromatic N) is 4. The van der Waals surface area contributed by atoms with Crippen molar-refractivity contribution in [1.29, 1.82) is 0 Å². The summed E-state index contributed by atoms with van der Waals surface area (Å²) in [5.41, 5.74) is 0.234. The van der Waals surface area contributed by atoms with E-state index in [4.69, 9.17) is 9.37 Å². The van der Waals surface area contributed by atoms with Crippen LogP contribution in [0, 0.1) is 5.21 Å². The van der Waals surface area contributed by atoms with E-state index in [9.17, 15) is 10.3 Å². The van der Waals surface area contributed by atoms with E-state index in [1.54, 1.807) is 0 Å². The smallest absolute Gasteiger partial charge is 0.223 e. The van der Waals surface area contributed by atoms with E-state index in [2.05, 4.69) is 15.2 Å². The van der Waals surface area contributed by atoms with E-state index in [1.807, 2.05) is 0 Å². The highest BCUT2D eigenvalue weighted by Crippen LogP contribution is 2.40. The highest BCUT2D eigenvalue weighted by molar-refractivity contribution is 5.91. The van der Waals surface area contributed by atoms with Crippen molar-refractivity contribution in [2.75, 3.05) is 26.3 Å². The van der Waals surface area contributed by atoms with E-state index in [0.717, 1.165) is 4.74 Å². The second kappa shape index (κ2) is 4.24. The van der Waals surface area contributed by atoms with Gasteiger partial charge in [-0.25, -0.2) is 9.53 Å². The molecule has 1 aromatic rings. The van der Waals surface area contributed by atoms with Crippen molar-refractivity contribution in [2.45, 2.75) is 31.0 Å². The van der Waals surface area contributed by atoms with Crippen molar-refractivity contribution in [3.63, 3.8) is 0 Å². The van der Waals surface area contributed by atoms with Crippen molar-refractivity contribution in [3.8, 4) is 0 Å². The fourth-order valence-corrected chi connectivity index (χ4v) is 3.45. The van der Waals surface area contributed by atoms with E-state index in [0.29, 0.717) is 62.7 Å². The monoisotopic (exact) mass is 280 g/mol. The first kappa shape index (κ1) is 12.2. The molecule has 1 fully saturated rings. The zero-order valence-corrected chi connectivity index (χ0v) is 11.0. The van der Waals surface area contributed by atoms with Gasteiger partial charge in [-0.05, 0) is 0 Å². The molecular formula is C12H16N4O4. The number of rotatable bonds is 1. The topological polar surface area (TPSA) is 97.7 Å². The summed E-state index contributed by atoms with van der Waals surface area (Å²) in [4.78, 5) is 2.06. The van der Waals surface area contributed by atoms with Gasteiger partial charge in [-0.1, -0.05) is 10.3 Å². The molecule has 0 amide bonds. The van der Waals surface area contributed by atoms with Gasteiger partial charge in [-0.15, -0.1) is 0 Å². The first-order valence-corrected chi connectivity index (χ1v) is 6.89. The lowest BCUT2D eigenvalue weighted by Gasteiger charge is -2.30. The fourth-order valence-electron chi connectivity index (χ4n) is 3.45. The molecular weight excluding hydrogens is 264 g/mol. The molecule has 1 saturated heterocycles. The summed E-state index contributed by atoms with van der Waals surface area (Å²) in [7, 11) is 0. The van der Waals surface area contributed by atoms with Crippen molar-refractivity contribution >= 4 is 5.71 Å². The number of aromatic nitrogens is 2. The number of fused-ring (bicyclic) bond motifs is 3. The number of hydroxylamine groups is 1. The number of aryl methyl sites for hydroxylation is 1. The number of morpholine rings is 1. The summed E-state index contributed by atoms with van der Waals surface area (Å²) in [5, 5.41) is 31.1. The van der Waals surface area contributed by atoms with Crippen LogP contribution in [0.25, 0.3) is 0 Å². The predicted molar refractivity (Wildman–Crippen MR) is 65.9 cm³/mol. The molecule has 1 aliphatic carbocycles. The molecule has 0 spiro atoms. The highest BCUT2D eigenvalue weighted by Gasteiger charge is 2.57. The van der Waals surface area contributed by atoms with Gasteiger partial charge in [-0.3, -0.25) is 0 Å². The first-order valence-electron chi connectivity index (χ1n) is 6.89. The van der Waals surface area contributed by atoms with Crippen LogP contribution in [0.15, 0.2) is 4.63 Å². The summed E-state index contributed by atoms with van der Waals surface area (Å²) < 4.78 is 11.0. The highest BCUT2D eigenvalue weighted by atomic mass is 16.6. The third kappa shape index (κ3) is 1.55. The molecule has 2 aliphatic heterocycles. The predicted octanol–water partition coefficient (Wildman–Crippen LogP) is -0.783. The fraction of sp³-hybridized carbons (Fsp3) is 0.750. The maximum absolute atomic E-state index is 12.5. The SMILES string of the molecule is [O-][N+]1=C2CCc3nonc3[C@@]2(O)C[C@H]1N1CCOCC1. The molecule has 0 unspecified atom stereocenters. The summed E-state index contributed by atoms with van der Waals surface area (Å²) in [6, 6.07) is 0. The number of aliphatic hydroxyl groups is 1. The second-order valence-electron chi connectivity index (χ2n) is 5.53. The van der Waals surface area contributed by atoms with Crippen LogP contribution in [0.5, 0.6) is 0 Å². The molecule has 3 aliphatic rings. The van der Waals surface area contributed by atoms with E-state index in [1.165, 1.54) is 0 Å². The van der Waals surface area contributed by atoms with Crippen molar-refractivity contribution in [2.24, 2.45) is 0 Å². The quantitative estimate of drug-likeness (QED) is 0.532. The van der Waals surface area contributed by atoms with Crippen LogP contribution in [-0.2, 0) is 16.8 Å². The molecule has 3 heterocycles. The second-order valence-corrected chi connectivity index (χ2v) is 5.53. The number of hydrogen-bond acceptors (Lipinski definition) is 7. The van der Waals surface area contributed by atoms with Gasteiger partial charge in [0, 0.05) is 25.9 Å². The van der Waals surface area contributed by atoms with Crippen LogP contribution >= 0.6 is 0 Å². The minimum absolute atomic E-state index is 0.313. The van der Waals surface area contributed by atoms with Gasteiger partial charge in [0.2, 0.25) is 17.5 Å². The Kier molecular flexibility index (Phi) is 2.60. The molecule has 8 nitrogen and oxygen atoms in total. The zero-order valence-electron chi connectivity index (χ0n) is 11.0. The Hall–Kier alpha value is -1.51. The summed E-state index contributed by atoms with van der Waals surface area (Å²) >= 11 is 0. The molecule has 0 radical (unpaired) electrons. The van der Waals surface area contributed by atoms with Crippen molar-refractivity contribution in [3.05, 3.63) is 16.6 Å². The molecule has 0 bridgehead atoms. The molecule has 4 rings (SSSR count). The average Bonchev–Trinajstić information content (AvgIpc) is 3.04. The lowest BCUT2D eigenvalue weighted by molar-refractivity contribution is -0.524. The van der Waals surface area contributed by atoms with Gasteiger partial charge in [-0.2, -0.15) is 4.74 Å². The van der Waals surface area contributed by atoms with Crippen molar-refractivity contribution < 1.29 is 19.2 Å². The Bertz CT molecular complexity index is 566. The van der Waals surface area contributed by atoms with E-state index in [-0.39, 0.29) is 6.17 Å². The molecule has 2 atom stereocenters. The van der Waals surface area contributed by atoms with Gasteiger partial charge >= 0.3 is 0 Å². The molecule has 1 aromatic heterocycles. The van der Waals surface area contributed by atoms with Crippen LogP contribution in [0.4, 0.5) is 0 Å². The van der Waals surface area contributed by atoms with Gasteiger partial charge in [0.25, 0.3) is 0 Å². The Balaban J connectivity index is 1.71. The average molecular weight is 280 g/mol. The van der Waals surface area contributed by atoms with Crippen molar-refractivity contribution in [1.82, 2.24) is 15.2 Å². The van der Waals surface area contributed by atoms with Crippen LogP contribution < -0.4 is 0 Å². The Morgan fingerprint density at radius 1 is 1.30 bits per heavy atom. The Labute approximate surface area is 115 Å². The summed E-state index contributed by atoms with van der Waals surface area (Å²) in [6.45, 7) is 2.65. The maximum atomic E-state index is 12.5. The molecule has 8 heteroatoms. The Morgan fingerprint density at radius 2 is 2.10 bits per heavy atom. The van der Waals surface area contributed by atoms with Gasteiger partial charge in [0.05, 0.1) is 19.6 Å². The van der Waals surface area contributed by atoms with Crippen LogP contribution in [-0.4, -0.2) is 63.2 Å². The minimum atomic E-state index is -1.32. The Morgan fingerprint density at radius 3 is 2.90 bits per heavy atom. The van der Waals surface area contributed by atoms with Crippen LogP contribution in [0.1, 0.15) is 24.2 Å². The zero-order chi connectivity index (χ0) is 13.7. The molecule has 0 saturated carbocycles. The summed E-state index contributed by atoms with van der Waals surface area (Å²) in [5.74, 6) is 0. The molecule has 0 aromatic carbocycles. The van der Waals surface area contributed by atoms with Gasteiger partial charge in [0.15, 0.2) is 5.69 Å². The summed E-state index contributed by atoms with van der Waals surface area (Å²) in [6.07, 6.45) is 1.04. The molecule has 1 N–H and O–H groups in total. The van der Waals surface area contributed by atoms with E-state index < -0.39 is 5.60 Å². The lowest BCUT2D eigenvalue weighted by atomic mass is 9.82. The molecule has 20 heavy (non-hydrogen) atoms. The third-order valence-corrected chi connectivity index (χ3v) is 4.51. The molecule has 108 valence electrons. The van der Waals surface area contributed by atoms with E-state index >= 15 is 0 Å². The number of ether oxygens (including phenoxy) is 1. The van der Waals surface area contributed by atoms with Gasteiger partial charge < -0.3 is 15.1 Å². The van der Waals surface area contributed by atoms with Crippen LogP contribution in [0.3, 0.4) is 0 Å². The maximum Gasteiger partial charge on any atom is 0.223 e. The standard InChI is InChI=1S/C12H16N4O4/c17-12-7-10(15-3-5-19-6-4-15)16(18)9(12)2-1-8-11(12)14-20-13-8/h10,17H,1-7H2/t10-,12+/m0/s1. The van der Waals surface area contributed by atoms with Crippen LogP contribution in [0.2, 0.25) is 0 Å². The normalized spacial score (nSPS) is 34.1. The van der Waals surface area contributed by atoms with Gasteiger partial charge in [0.1, 0.15) is 5.69 Å².